The van der Waals surface area contributed by atoms with Crippen molar-refractivity contribution in [3.8, 4) is 0 Å². The highest BCUT2D eigenvalue weighted by atomic mass is 16.4. The molecular formula is C14H19N3O3. The van der Waals surface area contributed by atoms with E-state index in [4.69, 9.17) is 0 Å². The average molecular weight is 277 g/mol. The van der Waals surface area contributed by atoms with Gasteiger partial charge in [-0.2, -0.15) is 0 Å². The van der Waals surface area contributed by atoms with Gasteiger partial charge < -0.3 is 14.9 Å². The summed E-state index contributed by atoms with van der Waals surface area (Å²) >= 11 is 0. The number of pyridine rings is 1. The van der Waals surface area contributed by atoms with E-state index in [2.05, 4.69) is 4.98 Å². The Morgan fingerprint density at radius 1 is 1.40 bits per heavy atom. The molecular weight excluding hydrogens is 258 g/mol. The van der Waals surface area contributed by atoms with Gasteiger partial charge in [0.25, 0.3) is 5.91 Å². The second kappa shape index (κ2) is 5.11. The molecule has 1 fully saturated rings. The van der Waals surface area contributed by atoms with Crippen LogP contribution in [0.25, 0.3) is 0 Å². The molecule has 1 amide bonds. The molecule has 1 saturated heterocycles. The monoisotopic (exact) mass is 277 g/mol. The minimum absolute atomic E-state index is 0.0964. The molecule has 1 aromatic heterocycles. The summed E-state index contributed by atoms with van der Waals surface area (Å²) in [5.41, 5.74) is -0.196. The molecule has 0 saturated carbocycles. The highest BCUT2D eigenvalue weighted by Crippen LogP contribution is 2.32. The van der Waals surface area contributed by atoms with Crippen molar-refractivity contribution in [2.75, 3.05) is 32.1 Å². The third kappa shape index (κ3) is 2.59. The van der Waals surface area contributed by atoms with Gasteiger partial charge >= 0.3 is 5.97 Å². The molecule has 1 N–H and O–H groups in total. The molecule has 1 aliphatic heterocycles. The standard InChI is InChI=1S/C14H19N3O3/c1-14(13(19)20)6-7-17(9-14)11-5-4-10(8-15-11)12(18)16(2)3/h4-5,8H,6-7,9H2,1-3H3,(H,19,20). The van der Waals surface area contributed by atoms with E-state index in [1.54, 1.807) is 33.2 Å². The highest BCUT2D eigenvalue weighted by Gasteiger charge is 2.40. The SMILES string of the molecule is CN(C)C(=O)c1ccc(N2CCC(C)(C(=O)O)C2)nc1. The van der Waals surface area contributed by atoms with Crippen LogP contribution >= 0.6 is 0 Å². The number of carboxylic acids is 1. The Balaban J connectivity index is 2.12. The topological polar surface area (TPSA) is 73.7 Å². The fourth-order valence-electron chi connectivity index (χ4n) is 2.29. The number of carbonyl (C=O) groups excluding carboxylic acids is 1. The highest BCUT2D eigenvalue weighted by molar-refractivity contribution is 5.93. The summed E-state index contributed by atoms with van der Waals surface area (Å²) in [4.78, 5) is 30.7. The van der Waals surface area contributed by atoms with Crippen LogP contribution in [0.2, 0.25) is 0 Å². The number of carboxylic acid groups (broad SMARTS) is 1. The van der Waals surface area contributed by atoms with Gasteiger partial charge in [-0.05, 0) is 25.5 Å². The van der Waals surface area contributed by atoms with E-state index in [0.29, 0.717) is 30.9 Å². The first-order valence-corrected chi connectivity index (χ1v) is 6.49. The van der Waals surface area contributed by atoms with Crippen LogP contribution in [0, 0.1) is 5.41 Å². The second-order valence-corrected chi connectivity index (χ2v) is 5.64. The van der Waals surface area contributed by atoms with E-state index in [9.17, 15) is 14.7 Å². The summed E-state index contributed by atoms with van der Waals surface area (Å²) in [5, 5.41) is 9.22. The number of aromatic nitrogens is 1. The van der Waals surface area contributed by atoms with Crippen LogP contribution in [0.15, 0.2) is 18.3 Å². The Kier molecular flexibility index (Phi) is 3.65. The lowest BCUT2D eigenvalue weighted by molar-refractivity contribution is -0.146. The zero-order valence-electron chi connectivity index (χ0n) is 12.0. The van der Waals surface area contributed by atoms with Crippen molar-refractivity contribution in [3.05, 3.63) is 23.9 Å². The van der Waals surface area contributed by atoms with E-state index in [1.807, 2.05) is 4.90 Å². The van der Waals surface area contributed by atoms with Gasteiger partial charge in [0.1, 0.15) is 5.82 Å². The zero-order valence-corrected chi connectivity index (χ0v) is 12.0. The number of hydrogen-bond donors (Lipinski definition) is 1. The van der Waals surface area contributed by atoms with Crippen LogP contribution in [0.3, 0.4) is 0 Å². The number of carbonyl (C=O) groups is 2. The van der Waals surface area contributed by atoms with Crippen molar-refractivity contribution in [3.63, 3.8) is 0 Å². The van der Waals surface area contributed by atoms with Gasteiger partial charge in [-0.3, -0.25) is 9.59 Å². The number of rotatable bonds is 3. The maximum Gasteiger partial charge on any atom is 0.311 e. The average Bonchev–Trinajstić information content (AvgIpc) is 2.82. The Hall–Kier alpha value is -2.11. The first-order valence-electron chi connectivity index (χ1n) is 6.49. The molecule has 1 aliphatic rings. The predicted molar refractivity (Wildman–Crippen MR) is 74.8 cm³/mol. The molecule has 1 unspecified atom stereocenters. The smallest absolute Gasteiger partial charge is 0.311 e. The number of anilines is 1. The van der Waals surface area contributed by atoms with Crippen LogP contribution in [-0.4, -0.2) is 54.1 Å². The predicted octanol–water partition coefficient (Wildman–Crippen LogP) is 1.08. The Labute approximate surface area is 118 Å². The van der Waals surface area contributed by atoms with Gasteiger partial charge in [-0.15, -0.1) is 0 Å². The molecule has 6 nitrogen and oxygen atoms in total. The molecule has 0 radical (unpaired) electrons. The minimum Gasteiger partial charge on any atom is -0.481 e. The fraction of sp³-hybridized carbons (Fsp3) is 0.500. The van der Waals surface area contributed by atoms with Crippen LogP contribution < -0.4 is 4.90 Å². The summed E-state index contributed by atoms with van der Waals surface area (Å²) in [7, 11) is 3.38. The number of aliphatic carboxylic acids is 1. The zero-order chi connectivity index (χ0) is 14.9. The molecule has 108 valence electrons. The van der Waals surface area contributed by atoms with Gasteiger partial charge in [0, 0.05) is 33.4 Å². The van der Waals surface area contributed by atoms with Gasteiger partial charge in [-0.25, -0.2) is 4.98 Å². The second-order valence-electron chi connectivity index (χ2n) is 5.64. The van der Waals surface area contributed by atoms with Crippen LogP contribution in [0.5, 0.6) is 0 Å². The number of hydrogen-bond acceptors (Lipinski definition) is 4. The van der Waals surface area contributed by atoms with Crippen molar-refractivity contribution in [2.45, 2.75) is 13.3 Å². The maximum atomic E-state index is 11.8. The maximum absolute atomic E-state index is 11.8. The molecule has 0 spiro atoms. The van der Waals surface area contributed by atoms with E-state index < -0.39 is 11.4 Å². The summed E-state index contributed by atoms with van der Waals surface area (Å²) in [6.45, 7) is 2.85. The van der Waals surface area contributed by atoms with Gasteiger partial charge in [0.15, 0.2) is 0 Å². The van der Waals surface area contributed by atoms with Crippen molar-refractivity contribution in [2.24, 2.45) is 5.41 Å². The molecule has 0 aromatic carbocycles. The van der Waals surface area contributed by atoms with Gasteiger partial charge in [0.2, 0.25) is 0 Å². The first kappa shape index (κ1) is 14.3. The van der Waals surface area contributed by atoms with E-state index in [0.717, 1.165) is 0 Å². The molecule has 6 heteroatoms. The molecule has 2 heterocycles. The lowest BCUT2D eigenvalue weighted by atomic mass is 9.90. The Bertz CT molecular complexity index is 527. The summed E-state index contributed by atoms with van der Waals surface area (Å²) < 4.78 is 0. The van der Waals surface area contributed by atoms with Crippen molar-refractivity contribution in [1.29, 1.82) is 0 Å². The fourth-order valence-corrected chi connectivity index (χ4v) is 2.29. The molecule has 1 aromatic rings. The molecule has 0 aliphatic carbocycles. The van der Waals surface area contributed by atoms with Crippen LogP contribution in [-0.2, 0) is 4.79 Å². The Morgan fingerprint density at radius 3 is 2.55 bits per heavy atom. The third-order valence-corrected chi connectivity index (χ3v) is 3.71. The summed E-state index contributed by atoms with van der Waals surface area (Å²) in [5.74, 6) is -0.162. The first-order chi connectivity index (χ1) is 9.33. The quantitative estimate of drug-likeness (QED) is 0.895. The third-order valence-electron chi connectivity index (χ3n) is 3.71. The van der Waals surface area contributed by atoms with Crippen molar-refractivity contribution < 1.29 is 14.7 Å². The summed E-state index contributed by atoms with van der Waals surface area (Å²) in [6, 6.07) is 3.49. The van der Waals surface area contributed by atoms with Gasteiger partial charge in [-0.1, -0.05) is 0 Å². The number of nitrogens with zero attached hydrogens (tertiary/aromatic N) is 3. The minimum atomic E-state index is -0.778. The van der Waals surface area contributed by atoms with Crippen LogP contribution in [0.4, 0.5) is 5.82 Å². The lowest BCUT2D eigenvalue weighted by Crippen LogP contribution is -2.32. The largest absolute Gasteiger partial charge is 0.481 e. The van der Waals surface area contributed by atoms with E-state index >= 15 is 0 Å². The Morgan fingerprint density at radius 2 is 2.10 bits per heavy atom. The molecule has 2 rings (SSSR count). The molecule has 20 heavy (non-hydrogen) atoms. The van der Waals surface area contributed by atoms with Crippen LogP contribution in [0.1, 0.15) is 23.7 Å². The molecule has 1 atom stereocenters. The van der Waals surface area contributed by atoms with E-state index in [-0.39, 0.29) is 5.91 Å². The van der Waals surface area contributed by atoms with Gasteiger partial charge in [0.05, 0.1) is 11.0 Å². The van der Waals surface area contributed by atoms with E-state index in [1.165, 1.54) is 11.1 Å². The van der Waals surface area contributed by atoms with Crippen molar-refractivity contribution in [1.82, 2.24) is 9.88 Å². The lowest BCUT2D eigenvalue weighted by Gasteiger charge is -2.21. The normalized spacial score (nSPS) is 21.9. The molecule has 0 bridgehead atoms. The number of amides is 1. The van der Waals surface area contributed by atoms with Crippen molar-refractivity contribution >= 4 is 17.7 Å². The summed E-state index contributed by atoms with van der Waals surface area (Å²) in [6.07, 6.45) is 2.14.